The fourth-order valence-corrected chi connectivity index (χ4v) is 9.00. The van der Waals surface area contributed by atoms with Crippen molar-refractivity contribution in [2.45, 2.75) is 91.9 Å². The van der Waals surface area contributed by atoms with E-state index in [-0.39, 0.29) is 5.97 Å². The Hall–Kier alpha value is -0.860. The molecule has 0 aromatic heterocycles. The van der Waals surface area contributed by atoms with Gasteiger partial charge < -0.3 is 4.74 Å². The van der Waals surface area contributed by atoms with Crippen LogP contribution < -0.4 is 0 Å². The van der Waals surface area contributed by atoms with Gasteiger partial charge in [-0.05, 0) is 97.2 Å². The smallest absolute Gasteiger partial charge is 0.305 e. The maximum Gasteiger partial charge on any atom is 0.305 e. The minimum atomic E-state index is -0.0635. The molecule has 3 unspecified atom stereocenters. The molecule has 0 saturated heterocycles. The standard InChI is InChI=1S/C26H42O3/c1-16(6-11-24(28)29-5)21-9-10-22-20-8-7-18-15-19(27)12-13-25(18,3)23(20)14-17(2)26(21,22)4/h16-18,20-23H,6-15H2,1-5H3/t16-,17+,18-,20?,21-,22?,23?,25+,26-/m1/s1. The lowest BCUT2D eigenvalue weighted by Gasteiger charge is -2.62. The van der Waals surface area contributed by atoms with Crippen LogP contribution in [0.15, 0.2) is 0 Å². The summed E-state index contributed by atoms with van der Waals surface area (Å²) in [5, 5.41) is 0. The third kappa shape index (κ3) is 3.30. The Bertz CT molecular complexity index is 656. The molecule has 4 aliphatic rings. The second-order valence-electron chi connectivity index (χ2n) is 11.7. The van der Waals surface area contributed by atoms with Crippen molar-refractivity contribution < 1.29 is 14.3 Å². The molecule has 0 amide bonds. The summed E-state index contributed by atoms with van der Waals surface area (Å²) in [4.78, 5) is 23.8. The quantitative estimate of drug-likeness (QED) is 0.538. The molecule has 4 saturated carbocycles. The third-order valence-electron chi connectivity index (χ3n) is 10.9. The molecule has 0 heterocycles. The minimum absolute atomic E-state index is 0.0635. The van der Waals surface area contributed by atoms with Gasteiger partial charge in [0, 0.05) is 19.3 Å². The van der Waals surface area contributed by atoms with Gasteiger partial charge in [-0.3, -0.25) is 9.59 Å². The number of esters is 1. The fourth-order valence-electron chi connectivity index (χ4n) is 9.00. The first-order valence-corrected chi connectivity index (χ1v) is 12.3. The van der Waals surface area contributed by atoms with Crippen molar-refractivity contribution >= 4 is 11.8 Å². The number of rotatable bonds is 4. The largest absolute Gasteiger partial charge is 0.469 e. The summed E-state index contributed by atoms with van der Waals surface area (Å²) < 4.78 is 4.89. The van der Waals surface area contributed by atoms with Gasteiger partial charge in [0.25, 0.3) is 0 Å². The van der Waals surface area contributed by atoms with Crippen LogP contribution in [0.3, 0.4) is 0 Å². The molecule has 0 radical (unpaired) electrons. The van der Waals surface area contributed by atoms with E-state index in [1.54, 1.807) is 0 Å². The Balaban J connectivity index is 1.54. The number of ether oxygens (including phenoxy) is 1. The number of carbonyl (C=O) groups excluding carboxylic acids is 2. The van der Waals surface area contributed by atoms with Gasteiger partial charge in [-0.1, -0.05) is 27.7 Å². The molecule has 4 fully saturated rings. The van der Waals surface area contributed by atoms with Gasteiger partial charge >= 0.3 is 5.97 Å². The number of carbonyl (C=O) groups is 2. The summed E-state index contributed by atoms with van der Waals surface area (Å²) in [6, 6.07) is 0. The molecule has 4 rings (SSSR count). The molecule has 0 aromatic carbocycles. The fraction of sp³-hybridized carbons (Fsp3) is 0.923. The van der Waals surface area contributed by atoms with Gasteiger partial charge in [0.05, 0.1) is 7.11 Å². The van der Waals surface area contributed by atoms with E-state index < -0.39 is 0 Å². The first-order chi connectivity index (χ1) is 13.7. The van der Waals surface area contributed by atoms with E-state index in [4.69, 9.17) is 4.74 Å². The normalized spacial score (nSPS) is 47.7. The van der Waals surface area contributed by atoms with E-state index in [0.717, 1.165) is 55.3 Å². The molecule has 3 nitrogen and oxygen atoms in total. The van der Waals surface area contributed by atoms with Crippen molar-refractivity contribution in [3.63, 3.8) is 0 Å². The SMILES string of the molecule is COC(=O)CC[C@@H](C)[C@H]1CCC2C3CC[C@@H]4CC(=O)CC[C@]4(C)C3C[C@H](C)[C@@]21C. The minimum Gasteiger partial charge on any atom is -0.469 e. The highest BCUT2D eigenvalue weighted by Gasteiger charge is 2.62. The first kappa shape index (κ1) is 21.4. The van der Waals surface area contributed by atoms with E-state index in [1.807, 2.05) is 0 Å². The Labute approximate surface area is 177 Å². The van der Waals surface area contributed by atoms with Crippen LogP contribution in [0.5, 0.6) is 0 Å². The Morgan fingerprint density at radius 2 is 1.93 bits per heavy atom. The van der Waals surface area contributed by atoms with Crippen LogP contribution in [-0.2, 0) is 14.3 Å². The summed E-state index contributed by atoms with van der Waals surface area (Å²) in [5.41, 5.74) is 0.797. The lowest BCUT2D eigenvalue weighted by atomic mass is 9.42. The number of methoxy groups -OCH3 is 1. The number of hydrogen-bond acceptors (Lipinski definition) is 3. The zero-order valence-electron chi connectivity index (χ0n) is 19.3. The van der Waals surface area contributed by atoms with Gasteiger partial charge in [-0.2, -0.15) is 0 Å². The van der Waals surface area contributed by atoms with Crippen molar-refractivity contribution in [3.8, 4) is 0 Å². The van der Waals surface area contributed by atoms with E-state index in [1.165, 1.54) is 39.2 Å². The highest BCUT2D eigenvalue weighted by molar-refractivity contribution is 5.79. The maximum absolute atomic E-state index is 12.1. The number of Topliss-reactive ketones (excluding diaryl/α,β-unsaturated/α-hetero) is 1. The van der Waals surface area contributed by atoms with Crippen LogP contribution in [-0.4, -0.2) is 18.9 Å². The molecular formula is C26H42O3. The van der Waals surface area contributed by atoms with Crippen LogP contribution >= 0.6 is 0 Å². The van der Waals surface area contributed by atoms with Crippen LogP contribution in [0.2, 0.25) is 0 Å². The summed E-state index contributed by atoms with van der Waals surface area (Å²) in [6.45, 7) is 10.0. The van der Waals surface area contributed by atoms with Crippen molar-refractivity contribution in [2.24, 2.45) is 52.3 Å². The van der Waals surface area contributed by atoms with Crippen molar-refractivity contribution in [1.82, 2.24) is 0 Å². The molecular weight excluding hydrogens is 360 g/mol. The third-order valence-corrected chi connectivity index (χ3v) is 10.9. The second-order valence-corrected chi connectivity index (χ2v) is 11.7. The molecule has 0 N–H and O–H groups in total. The highest BCUT2D eigenvalue weighted by Crippen LogP contribution is 2.69. The van der Waals surface area contributed by atoms with Crippen LogP contribution in [0.4, 0.5) is 0 Å². The Morgan fingerprint density at radius 3 is 2.66 bits per heavy atom. The summed E-state index contributed by atoms with van der Waals surface area (Å²) in [5.74, 6) is 5.63. The molecule has 0 aromatic rings. The Morgan fingerprint density at radius 1 is 1.17 bits per heavy atom. The zero-order valence-corrected chi connectivity index (χ0v) is 19.3. The van der Waals surface area contributed by atoms with Gasteiger partial charge in [0.2, 0.25) is 0 Å². The van der Waals surface area contributed by atoms with E-state index >= 15 is 0 Å². The monoisotopic (exact) mass is 402 g/mol. The molecule has 164 valence electrons. The maximum atomic E-state index is 12.1. The number of ketones is 1. The molecule has 4 aliphatic carbocycles. The van der Waals surface area contributed by atoms with Crippen LogP contribution in [0, 0.1) is 52.3 Å². The van der Waals surface area contributed by atoms with Crippen molar-refractivity contribution in [1.29, 1.82) is 0 Å². The lowest BCUT2D eigenvalue weighted by molar-refractivity contribution is -0.150. The van der Waals surface area contributed by atoms with E-state index in [0.29, 0.717) is 34.9 Å². The Kier molecular flexibility index (Phi) is 5.66. The molecule has 3 heteroatoms. The van der Waals surface area contributed by atoms with Crippen molar-refractivity contribution in [2.75, 3.05) is 7.11 Å². The van der Waals surface area contributed by atoms with Gasteiger partial charge in [0.15, 0.2) is 0 Å². The van der Waals surface area contributed by atoms with Crippen LogP contribution in [0.1, 0.15) is 91.9 Å². The van der Waals surface area contributed by atoms with Gasteiger partial charge in [0.1, 0.15) is 5.78 Å². The first-order valence-electron chi connectivity index (χ1n) is 12.3. The molecule has 29 heavy (non-hydrogen) atoms. The average molecular weight is 403 g/mol. The summed E-state index contributed by atoms with van der Waals surface area (Å²) in [7, 11) is 1.50. The molecule has 0 spiro atoms. The molecule has 0 aliphatic heterocycles. The van der Waals surface area contributed by atoms with Crippen molar-refractivity contribution in [3.05, 3.63) is 0 Å². The summed E-state index contributed by atoms with van der Waals surface area (Å²) in [6.07, 6.45) is 11.0. The molecule has 0 bridgehead atoms. The van der Waals surface area contributed by atoms with Gasteiger partial charge in [-0.25, -0.2) is 0 Å². The van der Waals surface area contributed by atoms with Gasteiger partial charge in [-0.15, -0.1) is 0 Å². The highest BCUT2D eigenvalue weighted by atomic mass is 16.5. The number of hydrogen-bond donors (Lipinski definition) is 0. The predicted octanol–water partition coefficient (Wildman–Crippen LogP) is 6.05. The lowest BCUT2D eigenvalue weighted by Crippen LogP contribution is -2.56. The van der Waals surface area contributed by atoms with E-state index in [2.05, 4.69) is 27.7 Å². The topological polar surface area (TPSA) is 43.4 Å². The molecule has 9 atom stereocenters. The predicted molar refractivity (Wildman–Crippen MR) is 115 cm³/mol. The zero-order chi connectivity index (χ0) is 21.0. The van der Waals surface area contributed by atoms with Crippen LogP contribution in [0.25, 0.3) is 0 Å². The summed E-state index contributed by atoms with van der Waals surface area (Å²) >= 11 is 0. The number of fused-ring (bicyclic) bond motifs is 5. The average Bonchev–Trinajstić information content (AvgIpc) is 3.06. The van der Waals surface area contributed by atoms with E-state index in [9.17, 15) is 9.59 Å². The second kappa shape index (κ2) is 7.68.